The van der Waals surface area contributed by atoms with Crippen molar-refractivity contribution in [3.8, 4) is 0 Å². The number of hydrogen-bond acceptors (Lipinski definition) is 1. The number of carboxylic acid groups (broad SMARTS) is 1. The Morgan fingerprint density at radius 1 is 1.35 bits per heavy atom. The molecular formula is C18H26O2. The Labute approximate surface area is 122 Å². The predicted molar refractivity (Wildman–Crippen MR) is 81.9 cm³/mol. The summed E-state index contributed by atoms with van der Waals surface area (Å²) in [5.41, 5.74) is 3.05. The molecule has 1 aromatic rings. The molecule has 1 saturated carbocycles. The van der Waals surface area contributed by atoms with Crippen LogP contribution in [0.25, 0.3) is 0 Å². The summed E-state index contributed by atoms with van der Waals surface area (Å²) in [5.74, 6) is -0.367. The van der Waals surface area contributed by atoms with Gasteiger partial charge in [0.15, 0.2) is 0 Å². The minimum absolute atomic E-state index is 0.310. The summed E-state index contributed by atoms with van der Waals surface area (Å²) in [6.07, 6.45) is 5.71. The van der Waals surface area contributed by atoms with Gasteiger partial charge in [-0.25, -0.2) is 0 Å². The molecule has 1 aliphatic carbocycles. The average molecular weight is 274 g/mol. The Morgan fingerprint density at radius 3 is 2.60 bits per heavy atom. The van der Waals surface area contributed by atoms with Gasteiger partial charge in [-0.1, -0.05) is 45.0 Å². The maximum absolute atomic E-state index is 11.0. The summed E-state index contributed by atoms with van der Waals surface area (Å²) in [6.45, 7) is 6.49. The van der Waals surface area contributed by atoms with Gasteiger partial charge >= 0.3 is 5.97 Å². The van der Waals surface area contributed by atoms with Crippen LogP contribution in [-0.4, -0.2) is 11.1 Å². The summed E-state index contributed by atoms with van der Waals surface area (Å²) < 4.78 is 0. The van der Waals surface area contributed by atoms with Crippen molar-refractivity contribution in [1.82, 2.24) is 0 Å². The molecule has 1 unspecified atom stereocenters. The van der Waals surface area contributed by atoms with E-state index >= 15 is 0 Å². The van der Waals surface area contributed by atoms with Crippen molar-refractivity contribution in [2.24, 2.45) is 11.3 Å². The van der Waals surface area contributed by atoms with Crippen LogP contribution in [0.5, 0.6) is 0 Å². The first-order chi connectivity index (χ1) is 9.37. The van der Waals surface area contributed by atoms with E-state index in [0.717, 1.165) is 5.56 Å². The smallest absolute Gasteiger partial charge is 0.306 e. The van der Waals surface area contributed by atoms with Gasteiger partial charge < -0.3 is 5.11 Å². The quantitative estimate of drug-likeness (QED) is 0.869. The lowest BCUT2D eigenvalue weighted by atomic mass is 9.71. The van der Waals surface area contributed by atoms with E-state index in [1.807, 2.05) is 0 Å². The van der Waals surface area contributed by atoms with Crippen LogP contribution in [0, 0.1) is 11.3 Å². The first kappa shape index (κ1) is 15.1. The van der Waals surface area contributed by atoms with Gasteiger partial charge in [0.2, 0.25) is 0 Å². The first-order valence-electron chi connectivity index (χ1n) is 7.69. The molecule has 0 radical (unpaired) electrons. The van der Waals surface area contributed by atoms with E-state index in [2.05, 4.69) is 38.1 Å². The SMILES string of the molecule is CC(Cc1cccc(C2CCC(C)(C)CC2)c1)C(=O)O. The number of hydrogen-bond donors (Lipinski definition) is 1. The van der Waals surface area contributed by atoms with E-state index in [-0.39, 0.29) is 5.92 Å². The minimum Gasteiger partial charge on any atom is -0.481 e. The number of rotatable bonds is 4. The van der Waals surface area contributed by atoms with E-state index in [0.29, 0.717) is 17.8 Å². The molecule has 1 fully saturated rings. The van der Waals surface area contributed by atoms with E-state index in [4.69, 9.17) is 5.11 Å². The third-order valence-electron chi connectivity index (χ3n) is 4.73. The molecule has 20 heavy (non-hydrogen) atoms. The molecule has 0 aliphatic heterocycles. The highest BCUT2D eigenvalue weighted by molar-refractivity contribution is 5.69. The molecule has 2 nitrogen and oxygen atoms in total. The van der Waals surface area contributed by atoms with E-state index in [1.165, 1.54) is 31.2 Å². The van der Waals surface area contributed by atoms with Crippen molar-refractivity contribution in [3.05, 3.63) is 35.4 Å². The van der Waals surface area contributed by atoms with E-state index in [9.17, 15) is 4.79 Å². The van der Waals surface area contributed by atoms with Crippen LogP contribution in [0.2, 0.25) is 0 Å². The monoisotopic (exact) mass is 274 g/mol. The van der Waals surface area contributed by atoms with Crippen molar-refractivity contribution in [2.75, 3.05) is 0 Å². The second-order valence-corrected chi connectivity index (χ2v) is 7.13. The van der Waals surface area contributed by atoms with Crippen LogP contribution in [0.15, 0.2) is 24.3 Å². The minimum atomic E-state index is -0.713. The standard InChI is InChI=1S/C18H26O2/c1-13(17(19)20)11-14-5-4-6-16(12-14)15-7-9-18(2,3)10-8-15/h4-6,12-13,15H,7-11H2,1-3H3,(H,19,20). The third kappa shape index (κ3) is 3.84. The Balaban J connectivity index is 2.05. The van der Waals surface area contributed by atoms with E-state index in [1.54, 1.807) is 6.92 Å². The summed E-state index contributed by atoms with van der Waals surface area (Å²) in [6, 6.07) is 8.56. The topological polar surface area (TPSA) is 37.3 Å². The highest BCUT2D eigenvalue weighted by Crippen LogP contribution is 2.42. The molecule has 0 bridgehead atoms. The van der Waals surface area contributed by atoms with Gasteiger partial charge in [0, 0.05) is 0 Å². The maximum atomic E-state index is 11.0. The normalized spacial score (nSPS) is 20.6. The second kappa shape index (κ2) is 5.99. The lowest BCUT2D eigenvalue weighted by Gasteiger charge is -2.34. The zero-order valence-electron chi connectivity index (χ0n) is 12.9. The van der Waals surface area contributed by atoms with Crippen LogP contribution < -0.4 is 0 Å². The van der Waals surface area contributed by atoms with Gasteiger partial charge in [0.25, 0.3) is 0 Å². The molecule has 0 saturated heterocycles. The fourth-order valence-corrected chi connectivity index (χ4v) is 3.15. The van der Waals surface area contributed by atoms with Gasteiger partial charge in [0.1, 0.15) is 0 Å². The second-order valence-electron chi connectivity index (χ2n) is 7.13. The van der Waals surface area contributed by atoms with E-state index < -0.39 is 5.97 Å². The molecule has 2 heteroatoms. The molecule has 0 heterocycles. The Hall–Kier alpha value is -1.31. The third-order valence-corrected chi connectivity index (χ3v) is 4.73. The molecule has 1 atom stereocenters. The van der Waals surface area contributed by atoms with Crippen molar-refractivity contribution in [1.29, 1.82) is 0 Å². The van der Waals surface area contributed by atoms with Gasteiger partial charge in [0.05, 0.1) is 5.92 Å². The maximum Gasteiger partial charge on any atom is 0.306 e. The Kier molecular flexibility index (Phi) is 4.52. The largest absolute Gasteiger partial charge is 0.481 e. The van der Waals surface area contributed by atoms with Crippen LogP contribution in [0.1, 0.15) is 63.5 Å². The summed E-state index contributed by atoms with van der Waals surface area (Å²) >= 11 is 0. The molecule has 2 rings (SSSR count). The number of benzene rings is 1. The molecule has 1 aromatic carbocycles. The van der Waals surface area contributed by atoms with Gasteiger partial charge in [-0.15, -0.1) is 0 Å². The Bertz CT molecular complexity index is 466. The van der Waals surface area contributed by atoms with Crippen LogP contribution >= 0.6 is 0 Å². The highest BCUT2D eigenvalue weighted by atomic mass is 16.4. The van der Waals surface area contributed by atoms with Crippen LogP contribution in [-0.2, 0) is 11.2 Å². The van der Waals surface area contributed by atoms with Gasteiger partial charge in [-0.3, -0.25) is 4.79 Å². The lowest BCUT2D eigenvalue weighted by molar-refractivity contribution is -0.141. The highest BCUT2D eigenvalue weighted by Gasteiger charge is 2.27. The van der Waals surface area contributed by atoms with Gasteiger partial charge in [-0.05, 0) is 54.6 Å². The predicted octanol–water partition coefficient (Wildman–Crippen LogP) is 4.63. The average Bonchev–Trinajstić information content (AvgIpc) is 2.38. The van der Waals surface area contributed by atoms with Crippen molar-refractivity contribution >= 4 is 5.97 Å². The zero-order valence-corrected chi connectivity index (χ0v) is 12.9. The molecule has 1 N–H and O–H groups in total. The van der Waals surface area contributed by atoms with Gasteiger partial charge in [-0.2, -0.15) is 0 Å². The molecule has 0 aromatic heterocycles. The van der Waals surface area contributed by atoms with Crippen molar-refractivity contribution in [3.63, 3.8) is 0 Å². The molecule has 1 aliphatic rings. The molecule has 110 valence electrons. The number of carbonyl (C=O) groups is 1. The summed E-state index contributed by atoms with van der Waals surface area (Å²) in [5, 5.41) is 9.02. The zero-order chi connectivity index (χ0) is 14.8. The van der Waals surface area contributed by atoms with Crippen LogP contribution in [0.4, 0.5) is 0 Å². The first-order valence-corrected chi connectivity index (χ1v) is 7.69. The molecule has 0 amide bonds. The fraction of sp³-hybridized carbons (Fsp3) is 0.611. The molecular weight excluding hydrogens is 248 g/mol. The van der Waals surface area contributed by atoms with Crippen molar-refractivity contribution in [2.45, 2.75) is 58.8 Å². The Morgan fingerprint density at radius 2 is 2.00 bits per heavy atom. The van der Waals surface area contributed by atoms with Crippen molar-refractivity contribution < 1.29 is 9.90 Å². The number of carboxylic acids is 1. The molecule has 0 spiro atoms. The van der Waals surface area contributed by atoms with Crippen LogP contribution in [0.3, 0.4) is 0 Å². The lowest BCUT2D eigenvalue weighted by Crippen LogP contribution is -2.20. The number of aliphatic carboxylic acids is 1. The summed E-state index contributed by atoms with van der Waals surface area (Å²) in [4.78, 5) is 11.0. The fourth-order valence-electron chi connectivity index (χ4n) is 3.15. The summed E-state index contributed by atoms with van der Waals surface area (Å²) in [7, 11) is 0.